The van der Waals surface area contributed by atoms with Crippen molar-refractivity contribution in [3.8, 4) is 0 Å². The van der Waals surface area contributed by atoms with Gasteiger partial charge in [-0.15, -0.1) is 0 Å². The first-order valence-corrected chi connectivity index (χ1v) is 4.23. The van der Waals surface area contributed by atoms with Gasteiger partial charge in [-0.1, -0.05) is 11.6 Å². The molecule has 0 unspecified atom stereocenters. The zero-order valence-electron chi connectivity index (χ0n) is 6.95. The van der Waals surface area contributed by atoms with E-state index in [1.165, 1.54) is 0 Å². The summed E-state index contributed by atoms with van der Waals surface area (Å²) in [6.45, 7) is 0. The van der Waals surface area contributed by atoms with E-state index in [9.17, 15) is 9.59 Å². The van der Waals surface area contributed by atoms with Crippen molar-refractivity contribution >= 4 is 22.6 Å². The highest BCUT2D eigenvalue weighted by atomic mass is 35.5. The fourth-order valence-corrected chi connectivity index (χ4v) is 1.26. The molecule has 0 aliphatic heterocycles. The molecule has 0 atom stereocenters. The lowest BCUT2D eigenvalue weighted by molar-refractivity contribution is 1.28. The molecular weight excluding hydrogens is 204 g/mol. The maximum atomic E-state index is 11.1. The van der Waals surface area contributed by atoms with E-state index in [0.717, 1.165) is 6.20 Å². The Balaban J connectivity index is 3.01. The molecule has 0 spiro atoms. The van der Waals surface area contributed by atoms with Crippen molar-refractivity contribution in [3.63, 3.8) is 0 Å². The normalized spacial score (nSPS) is 10.4. The molecule has 2 rings (SSSR count). The van der Waals surface area contributed by atoms with Crippen LogP contribution in [0.3, 0.4) is 0 Å². The molecule has 0 amide bonds. The first-order chi connectivity index (χ1) is 6.66. The lowest BCUT2D eigenvalue weighted by Crippen LogP contribution is -2.22. The smallest absolute Gasteiger partial charge is 0.297 e. The molecule has 14 heavy (non-hydrogen) atoms. The molecule has 4 nitrogen and oxygen atoms in total. The summed E-state index contributed by atoms with van der Waals surface area (Å²) < 4.78 is 0. The van der Waals surface area contributed by atoms with Crippen LogP contribution in [0.15, 0.2) is 34.0 Å². The summed E-state index contributed by atoms with van der Waals surface area (Å²) in [7, 11) is 0. The number of aromatic nitrogens is 2. The van der Waals surface area contributed by atoms with Crippen LogP contribution in [0.25, 0.3) is 11.0 Å². The molecule has 5 heteroatoms. The van der Waals surface area contributed by atoms with Crippen molar-refractivity contribution in [2.45, 2.75) is 0 Å². The van der Waals surface area contributed by atoms with Crippen LogP contribution in [-0.2, 0) is 0 Å². The minimum Gasteiger partial charge on any atom is -0.317 e. The summed E-state index contributed by atoms with van der Waals surface area (Å²) in [6, 6.07) is 4.82. The van der Waals surface area contributed by atoms with Crippen molar-refractivity contribution in [2.75, 3.05) is 0 Å². The van der Waals surface area contributed by atoms with Gasteiger partial charge < -0.3 is 4.98 Å². The Morgan fingerprint density at radius 2 is 2.07 bits per heavy atom. The largest absolute Gasteiger partial charge is 0.317 e. The van der Waals surface area contributed by atoms with Crippen LogP contribution >= 0.6 is 11.6 Å². The van der Waals surface area contributed by atoms with Crippen molar-refractivity contribution in [2.24, 2.45) is 0 Å². The zero-order chi connectivity index (χ0) is 10.1. The SMILES string of the molecule is O=c1cnc2ccc(Cl)cc2[nH]c1=O. The molecule has 0 radical (unpaired) electrons. The number of nitrogens with one attached hydrogen (secondary N) is 1. The van der Waals surface area contributed by atoms with Gasteiger partial charge in [0.2, 0.25) is 0 Å². The molecule has 2 aromatic rings. The van der Waals surface area contributed by atoms with E-state index in [1.807, 2.05) is 0 Å². The third-order valence-corrected chi connectivity index (χ3v) is 1.99. The maximum absolute atomic E-state index is 11.1. The highest BCUT2D eigenvalue weighted by Gasteiger charge is 1.97. The second kappa shape index (κ2) is 3.23. The van der Waals surface area contributed by atoms with Crippen LogP contribution < -0.4 is 11.0 Å². The molecule has 0 bridgehead atoms. The van der Waals surface area contributed by atoms with Gasteiger partial charge >= 0.3 is 0 Å². The Kier molecular flexibility index (Phi) is 2.05. The molecule has 70 valence electrons. The fraction of sp³-hybridized carbons (Fsp3) is 0. The highest BCUT2D eigenvalue weighted by molar-refractivity contribution is 6.31. The molecule has 0 aliphatic rings. The third kappa shape index (κ3) is 1.52. The number of H-pyrrole nitrogens is 1. The number of benzene rings is 1. The molecule has 0 aliphatic carbocycles. The van der Waals surface area contributed by atoms with Crippen molar-refractivity contribution in [1.29, 1.82) is 0 Å². The zero-order valence-corrected chi connectivity index (χ0v) is 7.71. The number of rotatable bonds is 0. The van der Waals surface area contributed by atoms with Gasteiger partial charge in [0.25, 0.3) is 11.0 Å². The summed E-state index contributed by atoms with van der Waals surface area (Å²) in [5, 5.41) is 0.480. The van der Waals surface area contributed by atoms with Crippen LogP contribution in [0.4, 0.5) is 0 Å². The molecule has 1 heterocycles. The Morgan fingerprint density at radius 1 is 1.29 bits per heavy atom. The van der Waals surface area contributed by atoms with Crippen LogP contribution in [0.5, 0.6) is 0 Å². The van der Waals surface area contributed by atoms with Gasteiger partial charge in [0.1, 0.15) is 0 Å². The van der Waals surface area contributed by atoms with E-state index in [4.69, 9.17) is 11.6 Å². The Bertz CT molecular complexity index is 606. The summed E-state index contributed by atoms with van der Waals surface area (Å²) >= 11 is 5.73. The first-order valence-electron chi connectivity index (χ1n) is 3.86. The number of hydrogen-bond donors (Lipinski definition) is 1. The molecule has 1 N–H and O–H groups in total. The van der Waals surface area contributed by atoms with Crippen LogP contribution in [0, 0.1) is 0 Å². The van der Waals surface area contributed by atoms with Crippen LogP contribution in [0.2, 0.25) is 5.02 Å². The molecule has 1 aromatic carbocycles. The second-order valence-electron chi connectivity index (χ2n) is 2.74. The summed E-state index contributed by atoms with van der Waals surface area (Å²) in [4.78, 5) is 28.3. The first kappa shape index (κ1) is 8.90. The van der Waals surface area contributed by atoms with Crippen molar-refractivity contribution in [1.82, 2.24) is 9.97 Å². The van der Waals surface area contributed by atoms with Gasteiger partial charge in [-0.05, 0) is 18.2 Å². The number of aromatic amines is 1. The lowest BCUT2D eigenvalue weighted by Gasteiger charge is -1.90. The quantitative estimate of drug-likeness (QED) is 0.656. The minimum absolute atomic E-state index is 0.449. The van der Waals surface area contributed by atoms with E-state index >= 15 is 0 Å². The van der Waals surface area contributed by atoms with E-state index in [1.54, 1.807) is 18.2 Å². The van der Waals surface area contributed by atoms with Crippen molar-refractivity contribution in [3.05, 3.63) is 50.0 Å². The molecule has 0 fully saturated rings. The van der Waals surface area contributed by atoms with E-state index < -0.39 is 11.0 Å². The summed E-state index contributed by atoms with van der Waals surface area (Å²) in [6.07, 6.45) is 0.995. The topological polar surface area (TPSA) is 62.8 Å². The maximum Gasteiger partial charge on any atom is 0.297 e. The minimum atomic E-state index is -0.699. The van der Waals surface area contributed by atoms with E-state index in [-0.39, 0.29) is 0 Å². The fourth-order valence-electron chi connectivity index (χ4n) is 1.09. The van der Waals surface area contributed by atoms with Gasteiger partial charge in [-0.25, -0.2) is 0 Å². The highest BCUT2D eigenvalue weighted by Crippen LogP contribution is 2.13. The monoisotopic (exact) mass is 208 g/mol. The average molecular weight is 209 g/mol. The number of halogens is 1. The number of nitrogens with zero attached hydrogens (tertiary/aromatic N) is 1. The number of hydrogen-bond acceptors (Lipinski definition) is 3. The third-order valence-electron chi connectivity index (χ3n) is 1.75. The summed E-state index contributed by atoms with van der Waals surface area (Å²) in [5.74, 6) is 0. The molecule has 0 saturated heterocycles. The lowest BCUT2D eigenvalue weighted by atomic mass is 10.3. The molecular formula is C9H5ClN2O2. The van der Waals surface area contributed by atoms with Crippen LogP contribution in [-0.4, -0.2) is 9.97 Å². The predicted molar refractivity (Wildman–Crippen MR) is 53.6 cm³/mol. The van der Waals surface area contributed by atoms with Gasteiger partial charge in [-0.2, -0.15) is 0 Å². The van der Waals surface area contributed by atoms with Crippen LogP contribution in [0.1, 0.15) is 0 Å². The van der Waals surface area contributed by atoms with E-state index in [0.29, 0.717) is 16.1 Å². The molecule has 0 saturated carbocycles. The predicted octanol–water partition coefficient (Wildman–Crippen LogP) is 0.937. The Labute approximate surface area is 83.2 Å². The molecule has 1 aromatic heterocycles. The standard InChI is InChI=1S/C9H5ClN2O2/c10-5-1-2-6-7(3-5)12-9(14)8(13)4-11-6/h1-4H,(H,12,13,14). The Hall–Kier alpha value is -1.68. The van der Waals surface area contributed by atoms with Gasteiger partial charge in [0, 0.05) is 5.02 Å². The average Bonchev–Trinajstić information content (AvgIpc) is 2.27. The van der Waals surface area contributed by atoms with E-state index in [2.05, 4.69) is 9.97 Å². The van der Waals surface area contributed by atoms with Gasteiger partial charge in [-0.3, -0.25) is 14.6 Å². The number of fused-ring (bicyclic) bond motifs is 1. The Morgan fingerprint density at radius 3 is 2.86 bits per heavy atom. The summed E-state index contributed by atoms with van der Waals surface area (Å²) in [5.41, 5.74) is -0.398. The second-order valence-corrected chi connectivity index (χ2v) is 3.17. The van der Waals surface area contributed by atoms with Gasteiger partial charge in [0.15, 0.2) is 0 Å². The van der Waals surface area contributed by atoms with Crippen molar-refractivity contribution < 1.29 is 0 Å². The van der Waals surface area contributed by atoms with Gasteiger partial charge in [0.05, 0.1) is 17.2 Å².